The van der Waals surface area contributed by atoms with E-state index in [4.69, 9.17) is 10.5 Å². The molecule has 4 nitrogen and oxygen atoms in total. The highest BCUT2D eigenvalue weighted by atomic mass is 16.5. The van der Waals surface area contributed by atoms with E-state index in [0.717, 1.165) is 5.56 Å². The molecule has 0 bridgehead atoms. The lowest BCUT2D eigenvalue weighted by Crippen LogP contribution is -2.37. The molecule has 1 aromatic rings. The van der Waals surface area contributed by atoms with Crippen molar-refractivity contribution in [1.29, 1.82) is 0 Å². The van der Waals surface area contributed by atoms with Crippen molar-refractivity contribution in [2.45, 2.75) is 18.9 Å². The molecule has 94 valence electrons. The number of nitrogens with two attached hydrogens (primary N) is 1. The highest BCUT2D eigenvalue weighted by Gasteiger charge is 2.18. The number of amides is 1. The topological polar surface area (TPSA) is 64.3 Å². The fourth-order valence-corrected chi connectivity index (χ4v) is 1.53. The highest BCUT2D eigenvalue weighted by molar-refractivity contribution is 5.83. The number of benzene rings is 1. The Balaban J connectivity index is 2.59. The Hall–Kier alpha value is -1.39. The monoisotopic (exact) mass is 236 g/mol. The van der Waals surface area contributed by atoms with Crippen LogP contribution in [0.25, 0.3) is 0 Å². The van der Waals surface area contributed by atoms with Crippen molar-refractivity contribution in [2.75, 3.05) is 20.2 Å². The summed E-state index contributed by atoms with van der Waals surface area (Å²) in [4.78, 5) is 11.9. The Labute approximate surface area is 102 Å². The molecule has 0 heterocycles. The zero-order valence-electron chi connectivity index (χ0n) is 10.3. The van der Waals surface area contributed by atoms with Crippen molar-refractivity contribution in [1.82, 2.24) is 5.32 Å². The van der Waals surface area contributed by atoms with Gasteiger partial charge in [0, 0.05) is 20.2 Å². The fraction of sp³-hybridized carbons (Fsp3) is 0.462. The number of hydrogen-bond donors (Lipinski definition) is 2. The van der Waals surface area contributed by atoms with Crippen LogP contribution in [0.4, 0.5) is 0 Å². The van der Waals surface area contributed by atoms with E-state index in [1.54, 1.807) is 7.11 Å². The molecule has 0 saturated carbocycles. The summed E-state index contributed by atoms with van der Waals surface area (Å²) in [6.45, 7) is 2.70. The molecule has 0 fully saturated rings. The molecule has 0 aromatic heterocycles. The van der Waals surface area contributed by atoms with E-state index in [1.165, 1.54) is 0 Å². The van der Waals surface area contributed by atoms with Gasteiger partial charge in [-0.15, -0.1) is 0 Å². The number of methoxy groups -OCH3 is 1. The Kier molecular flexibility index (Phi) is 5.66. The minimum atomic E-state index is -0.291. The van der Waals surface area contributed by atoms with Crippen LogP contribution in [-0.2, 0) is 9.53 Å². The average Bonchev–Trinajstić information content (AvgIpc) is 2.38. The van der Waals surface area contributed by atoms with E-state index in [2.05, 4.69) is 5.32 Å². The largest absolute Gasteiger partial charge is 0.380 e. The van der Waals surface area contributed by atoms with E-state index >= 15 is 0 Å². The Morgan fingerprint density at radius 3 is 2.59 bits per heavy atom. The van der Waals surface area contributed by atoms with Gasteiger partial charge in [-0.3, -0.25) is 4.79 Å². The summed E-state index contributed by atoms with van der Waals surface area (Å²) in [5, 5.41) is 2.84. The molecule has 1 rings (SSSR count). The van der Waals surface area contributed by atoms with Crippen LogP contribution in [0.1, 0.15) is 18.4 Å². The second kappa shape index (κ2) is 7.04. The lowest BCUT2D eigenvalue weighted by atomic mass is 9.98. The predicted octanol–water partition coefficient (Wildman–Crippen LogP) is 0.880. The standard InChI is InChI=1S/C13H20N2O2/c1-10(17-2)9-15-13(16)12(8-14)11-6-4-3-5-7-11/h3-7,10,12H,8-9,14H2,1-2H3,(H,15,16). The molecule has 2 atom stereocenters. The predicted molar refractivity (Wildman–Crippen MR) is 67.7 cm³/mol. The lowest BCUT2D eigenvalue weighted by Gasteiger charge is -2.17. The van der Waals surface area contributed by atoms with E-state index in [1.807, 2.05) is 37.3 Å². The van der Waals surface area contributed by atoms with Crippen molar-refractivity contribution in [3.63, 3.8) is 0 Å². The van der Waals surface area contributed by atoms with Crippen molar-refractivity contribution < 1.29 is 9.53 Å². The molecule has 3 N–H and O–H groups in total. The van der Waals surface area contributed by atoms with Crippen molar-refractivity contribution >= 4 is 5.91 Å². The molecule has 0 spiro atoms. The van der Waals surface area contributed by atoms with Crippen molar-refractivity contribution in [2.24, 2.45) is 5.73 Å². The first-order valence-electron chi connectivity index (χ1n) is 5.74. The Morgan fingerprint density at radius 2 is 2.06 bits per heavy atom. The maximum atomic E-state index is 11.9. The van der Waals surface area contributed by atoms with Gasteiger partial charge in [0.1, 0.15) is 0 Å². The van der Waals surface area contributed by atoms with Crippen molar-refractivity contribution in [3.8, 4) is 0 Å². The number of ether oxygens (including phenoxy) is 1. The SMILES string of the molecule is COC(C)CNC(=O)C(CN)c1ccccc1. The first-order valence-corrected chi connectivity index (χ1v) is 5.74. The maximum Gasteiger partial charge on any atom is 0.228 e. The van der Waals surface area contributed by atoms with Gasteiger partial charge in [0.15, 0.2) is 0 Å². The summed E-state index contributed by atoms with van der Waals surface area (Å²) < 4.78 is 5.07. The quantitative estimate of drug-likeness (QED) is 0.770. The van der Waals surface area contributed by atoms with Crippen LogP contribution in [-0.4, -0.2) is 32.2 Å². The van der Waals surface area contributed by atoms with Crippen LogP contribution in [0.2, 0.25) is 0 Å². The van der Waals surface area contributed by atoms with E-state index < -0.39 is 0 Å². The Morgan fingerprint density at radius 1 is 1.41 bits per heavy atom. The normalized spacial score (nSPS) is 14.1. The second-order valence-corrected chi connectivity index (χ2v) is 3.99. The zero-order chi connectivity index (χ0) is 12.7. The van der Waals surface area contributed by atoms with E-state index in [9.17, 15) is 4.79 Å². The molecule has 0 aliphatic heterocycles. The third kappa shape index (κ3) is 4.17. The minimum absolute atomic E-state index is 0.00754. The van der Waals surface area contributed by atoms with Crippen molar-refractivity contribution in [3.05, 3.63) is 35.9 Å². The minimum Gasteiger partial charge on any atom is -0.380 e. The van der Waals surface area contributed by atoms with Crippen LogP contribution >= 0.6 is 0 Å². The van der Waals surface area contributed by atoms with Crippen LogP contribution in [0, 0.1) is 0 Å². The second-order valence-electron chi connectivity index (χ2n) is 3.99. The number of nitrogens with one attached hydrogen (secondary N) is 1. The van der Waals surface area contributed by atoms with Gasteiger partial charge in [0.05, 0.1) is 12.0 Å². The lowest BCUT2D eigenvalue weighted by molar-refractivity contribution is -0.122. The number of hydrogen-bond acceptors (Lipinski definition) is 3. The Bertz CT molecular complexity index is 341. The molecule has 0 radical (unpaired) electrons. The average molecular weight is 236 g/mol. The first kappa shape index (κ1) is 13.7. The van der Waals surface area contributed by atoms with Gasteiger partial charge in [-0.2, -0.15) is 0 Å². The molecule has 1 aromatic carbocycles. The van der Waals surface area contributed by atoms with E-state index in [-0.39, 0.29) is 17.9 Å². The zero-order valence-corrected chi connectivity index (χ0v) is 10.3. The van der Waals surface area contributed by atoms with Gasteiger partial charge in [-0.05, 0) is 12.5 Å². The maximum absolute atomic E-state index is 11.9. The third-order valence-electron chi connectivity index (χ3n) is 2.72. The van der Waals surface area contributed by atoms with Gasteiger partial charge in [0.25, 0.3) is 0 Å². The molecule has 0 aliphatic carbocycles. The van der Waals surface area contributed by atoms with Gasteiger partial charge >= 0.3 is 0 Å². The molecule has 1 amide bonds. The summed E-state index contributed by atoms with van der Waals surface area (Å²) in [5.74, 6) is -0.345. The number of carbonyl (C=O) groups excluding carboxylic acids is 1. The number of rotatable bonds is 6. The summed E-state index contributed by atoms with van der Waals surface area (Å²) in [6.07, 6.45) is 0.00754. The fourth-order valence-electron chi connectivity index (χ4n) is 1.53. The van der Waals surface area contributed by atoms with E-state index in [0.29, 0.717) is 13.1 Å². The molecular weight excluding hydrogens is 216 g/mol. The highest BCUT2D eigenvalue weighted by Crippen LogP contribution is 2.13. The van der Waals surface area contributed by atoms with Crippen LogP contribution < -0.4 is 11.1 Å². The van der Waals surface area contributed by atoms with Crippen LogP contribution in [0.3, 0.4) is 0 Å². The van der Waals surface area contributed by atoms with Gasteiger partial charge in [-0.25, -0.2) is 0 Å². The number of carbonyl (C=O) groups is 1. The molecule has 17 heavy (non-hydrogen) atoms. The summed E-state index contributed by atoms with van der Waals surface area (Å²) in [6, 6.07) is 9.56. The molecular formula is C13H20N2O2. The van der Waals surface area contributed by atoms with Gasteiger partial charge < -0.3 is 15.8 Å². The molecule has 0 saturated heterocycles. The van der Waals surface area contributed by atoms with Gasteiger partial charge in [0.2, 0.25) is 5.91 Å². The molecule has 4 heteroatoms. The third-order valence-corrected chi connectivity index (χ3v) is 2.72. The first-order chi connectivity index (χ1) is 8.19. The van der Waals surface area contributed by atoms with Crippen LogP contribution in [0.5, 0.6) is 0 Å². The summed E-state index contributed by atoms with van der Waals surface area (Å²) in [5.41, 5.74) is 6.59. The smallest absolute Gasteiger partial charge is 0.228 e. The molecule has 0 aliphatic rings. The van der Waals surface area contributed by atoms with Gasteiger partial charge in [-0.1, -0.05) is 30.3 Å². The molecule has 2 unspecified atom stereocenters. The van der Waals surface area contributed by atoms with Crippen LogP contribution in [0.15, 0.2) is 30.3 Å². The summed E-state index contributed by atoms with van der Waals surface area (Å²) in [7, 11) is 1.62. The summed E-state index contributed by atoms with van der Waals surface area (Å²) >= 11 is 0.